The molecule has 1 amide bonds. The summed E-state index contributed by atoms with van der Waals surface area (Å²) in [5.41, 5.74) is 2.69. The van der Waals surface area contributed by atoms with Crippen molar-refractivity contribution >= 4 is 23.5 Å². The van der Waals surface area contributed by atoms with Gasteiger partial charge in [-0.2, -0.15) is 0 Å². The van der Waals surface area contributed by atoms with Gasteiger partial charge in [0.2, 0.25) is 11.7 Å². The van der Waals surface area contributed by atoms with Gasteiger partial charge in [-0.1, -0.05) is 11.6 Å². The number of furan rings is 1. The lowest BCUT2D eigenvalue weighted by Crippen LogP contribution is -2.26. The van der Waals surface area contributed by atoms with Crippen molar-refractivity contribution in [3.05, 3.63) is 47.2 Å². The molecule has 0 aliphatic carbocycles. The van der Waals surface area contributed by atoms with Gasteiger partial charge in [-0.25, -0.2) is 10.6 Å². The largest absolute Gasteiger partial charge is 0.475 e. The lowest BCUT2D eigenvalue weighted by molar-refractivity contribution is -0.119. The monoisotopic (exact) mass is 296 g/mol. The molecule has 2 aromatic rings. The van der Waals surface area contributed by atoms with Gasteiger partial charge in [-0.3, -0.25) is 10.2 Å². The van der Waals surface area contributed by atoms with Crippen LogP contribution in [0.4, 0.5) is 0 Å². The summed E-state index contributed by atoms with van der Waals surface area (Å²) in [4.78, 5) is 20.2. The second-order valence-corrected chi connectivity index (χ2v) is 4.11. The van der Waals surface area contributed by atoms with Crippen LogP contribution in [0.25, 0.3) is 11.3 Å². The van der Waals surface area contributed by atoms with Crippen LogP contribution in [0.3, 0.4) is 0 Å². The Hall–Kier alpha value is -2.31. The van der Waals surface area contributed by atoms with Crippen molar-refractivity contribution in [3.63, 3.8) is 0 Å². The van der Waals surface area contributed by atoms with E-state index in [2.05, 4.69) is 5.84 Å². The number of carboxylic acid groups (broad SMARTS) is 1. The van der Waals surface area contributed by atoms with Crippen molar-refractivity contribution < 1.29 is 19.1 Å². The first-order valence-corrected chi connectivity index (χ1v) is 5.88. The molecule has 7 heteroatoms. The summed E-state index contributed by atoms with van der Waals surface area (Å²) < 4.78 is 5.13. The number of hydrogen-bond donors (Lipinski definition) is 3. The van der Waals surface area contributed by atoms with Gasteiger partial charge in [-0.05, 0) is 36.4 Å². The second-order valence-electron chi connectivity index (χ2n) is 3.68. The number of halogens is 1. The second kappa shape index (κ2) is 7.32. The van der Waals surface area contributed by atoms with Crippen molar-refractivity contribution in [1.82, 2.24) is 5.43 Å². The number of aromatic carboxylic acids is 1. The minimum atomic E-state index is -1.07. The Morgan fingerprint density at radius 1 is 1.20 bits per heavy atom. The number of hydrogen-bond acceptors (Lipinski definition) is 4. The third kappa shape index (κ3) is 4.75. The van der Waals surface area contributed by atoms with Crippen LogP contribution in [0.5, 0.6) is 0 Å². The van der Waals surface area contributed by atoms with E-state index in [0.717, 1.165) is 5.56 Å². The molecule has 6 nitrogen and oxygen atoms in total. The van der Waals surface area contributed by atoms with Gasteiger partial charge in [-0.15, -0.1) is 0 Å². The number of nitrogens with one attached hydrogen (secondary N) is 1. The van der Waals surface area contributed by atoms with E-state index in [4.69, 9.17) is 21.1 Å². The number of carbonyl (C=O) groups is 2. The Bertz CT molecular complexity index is 593. The van der Waals surface area contributed by atoms with Crippen LogP contribution in [0, 0.1) is 0 Å². The third-order valence-corrected chi connectivity index (χ3v) is 2.40. The van der Waals surface area contributed by atoms with Crippen LogP contribution in [-0.2, 0) is 4.79 Å². The maximum Gasteiger partial charge on any atom is 0.371 e. The summed E-state index contributed by atoms with van der Waals surface area (Å²) in [5.74, 6) is 3.73. The van der Waals surface area contributed by atoms with Crippen LogP contribution < -0.4 is 11.3 Å². The molecule has 0 unspecified atom stereocenters. The van der Waals surface area contributed by atoms with Crippen molar-refractivity contribution in [1.29, 1.82) is 0 Å². The third-order valence-electron chi connectivity index (χ3n) is 2.15. The number of carbonyl (C=O) groups excluding carboxylic acids is 1. The fourth-order valence-corrected chi connectivity index (χ4v) is 1.35. The molecule has 0 aliphatic heterocycles. The van der Waals surface area contributed by atoms with E-state index in [9.17, 15) is 9.59 Å². The molecule has 0 spiro atoms. The first-order chi connectivity index (χ1) is 9.43. The Kier molecular flexibility index (Phi) is 5.76. The lowest BCUT2D eigenvalue weighted by atomic mass is 10.2. The van der Waals surface area contributed by atoms with Crippen LogP contribution >= 0.6 is 11.6 Å². The Morgan fingerprint density at radius 2 is 1.75 bits per heavy atom. The molecular formula is C13H13ClN2O4. The molecule has 20 heavy (non-hydrogen) atoms. The van der Waals surface area contributed by atoms with Gasteiger partial charge in [0.05, 0.1) is 0 Å². The quantitative estimate of drug-likeness (QED) is 0.448. The summed E-state index contributed by atoms with van der Waals surface area (Å²) >= 11 is 5.73. The highest BCUT2D eigenvalue weighted by molar-refractivity contribution is 6.30. The van der Waals surface area contributed by atoms with Crippen molar-refractivity contribution in [2.45, 2.75) is 6.92 Å². The molecule has 2 rings (SSSR count). The van der Waals surface area contributed by atoms with E-state index in [1.165, 1.54) is 13.0 Å². The van der Waals surface area contributed by atoms with Crippen molar-refractivity contribution in [3.8, 4) is 11.3 Å². The Labute approximate surface area is 120 Å². The first kappa shape index (κ1) is 15.7. The minimum absolute atomic E-state index is 0.0695. The SMILES string of the molecule is CC(=O)NN.O=C(O)c1ccc(-c2ccc(Cl)cc2)o1. The average molecular weight is 297 g/mol. The molecule has 0 saturated carbocycles. The standard InChI is InChI=1S/C11H7ClO3.C2H6N2O/c12-8-3-1-7(2-4-8)9-5-6-10(15-9)11(13)14;1-2(5)4-3/h1-6H,(H,13,14);3H2,1H3,(H,4,5). The molecule has 0 atom stereocenters. The molecule has 4 N–H and O–H groups in total. The van der Waals surface area contributed by atoms with Gasteiger partial charge in [0.1, 0.15) is 5.76 Å². The first-order valence-electron chi connectivity index (χ1n) is 5.50. The van der Waals surface area contributed by atoms with Gasteiger partial charge in [0, 0.05) is 17.5 Å². The summed E-state index contributed by atoms with van der Waals surface area (Å²) in [6.45, 7) is 1.35. The van der Waals surface area contributed by atoms with Crippen molar-refractivity contribution in [2.75, 3.05) is 0 Å². The fraction of sp³-hybridized carbons (Fsp3) is 0.0769. The number of amides is 1. The van der Waals surface area contributed by atoms with Crippen LogP contribution in [0.15, 0.2) is 40.8 Å². The molecular weight excluding hydrogens is 284 g/mol. The zero-order chi connectivity index (χ0) is 15.1. The molecule has 0 radical (unpaired) electrons. The predicted molar refractivity (Wildman–Crippen MR) is 74.1 cm³/mol. The normalized spacial score (nSPS) is 9.35. The van der Waals surface area contributed by atoms with Gasteiger partial charge in [0.25, 0.3) is 0 Å². The molecule has 0 saturated heterocycles. The van der Waals surface area contributed by atoms with E-state index in [-0.39, 0.29) is 11.7 Å². The smallest absolute Gasteiger partial charge is 0.371 e. The van der Waals surface area contributed by atoms with Crippen molar-refractivity contribution in [2.24, 2.45) is 5.84 Å². The highest BCUT2D eigenvalue weighted by Gasteiger charge is 2.09. The van der Waals surface area contributed by atoms with E-state index < -0.39 is 5.97 Å². The molecule has 0 aliphatic rings. The number of hydrazine groups is 1. The Balaban J connectivity index is 0.000000347. The number of nitrogens with two attached hydrogens (primary N) is 1. The predicted octanol–water partition coefficient (Wildman–Crippen LogP) is 2.29. The van der Waals surface area contributed by atoms with Crippen LogP contribution in [0.1, 0.15) is 17.5 Å². The molecule has 1 aromatic heterocycles. The van der Waals surface area contributed by atoms with E-state index in [1.54, 1.807) is 30.3 Å². The highest BCUT2D eigenvalue weighted by atomic mass is 35.5. The summed E-state index contributed by atoms with van der Waals surface area (Å²) in [6, 6.07) is 10.0. The fourth-order valence-electron chi connectivity index (χ4n) is 1.22. The maximum atomic E-state index is 10.6. The zero-order valence-corrected chi connectivity index (χ0v) is 11.3. The maximum absolute atomic E-state index is 10.6. The summed E-state index contributed by atoms with van der Waals surface area (Å²) in [5, 5.41) is 9.30. The molecule has 1 heterocycles. The van der Waals surface area contributed by atoms with Crippen LogP contribution in [-0.4, -0.2) is 17.0 Å². The molecule has 0 fully saturated rings. The molecule has 1 aromatic carbocycles. The van der Waals surface area contributed by atoms with E-state index >= 15 is 0 Å². The number of benzene rings is 1. The topological polar surface area (TPSA) is 106 Å². The average Bonchev–Trinajstić information content (AvgIpc) is 2.90. The van der Waals surface area contributed by atoms with Gasteiger partial charge < -0.3 is 9.52 Å². The van der Waals surface area contributed by atoms with Crippen LogP contribution in [0.2, 0.25) is 5.02 Å². The summed E-state index contributed by atoms with van der Waals surface area (Å²) in [6.07, 6.45) is 0. The lowest BCUT2D eigenvalue weighted by Gasteiger charge is -1.96. The Morgan fingerprint density at radius 3 is 2.15 bits per heavy atom. The number of rotatable bonds is 2. The van der Waals surface area contributed by atoms with E-state index in [0.29, 0.717) is 10.8 Å². The summed E-state index contributed by atoms with van der Waals surface area (Å²) in [7, 11) is 0. The van der Waals surface area contributed by atoms with Gasteiger partial charge in [0.15, 0.2) is 0 Å². The van der Waals surface area contributed by atoms with Gasteiger partial charge >= 0.3 is 5.97 Å². The zero-order valence-electron chi connectivity index (χ0n) is 10.6. The van der Waals surface area contributed by atoms with E-state index in [1.807, 2.05) is 5.43 Å². The molecule has 0 bridgehead atoms. The molecule has 106 valence electrons. The number of carboxylic acids is 1. The highest BCUT2D eigenvalue weighted by Crippen LogP contribution is 2.23. The minimum Gasteiger partial charge on any atom is -0.475 e.